The molecule has 0 N–H and O–H groups in total. The second-order valence-electron chi connectivity index (χ2n) is 4.63. The summed E-state index contributed by atoms with van der Waals surface area (Å²) in [4.78, 5) is 18.0. The molecule has 1 amide bonds. The third-order valence-electron chi connectivity index (χ3n) is 2.75. The van der Waals surface area contributed by atoms with Gasteiger partial charge in [-0.3, -0.25) is 4.84 Å². The number of amides is 1. The minimum Gasteiger partial charge on any atom is -0.353 e. The van der Waals surface area contributed by atoms with Crippen molar-refractivity contribution in [1.82, 2.24) is 4.90 Å². The van der Waals surface area contributed by atoms with Crippen LogP contribution in [0.4, 0.5) is 4.79 Å². The maximum absolute atomic E-state index is 11.7. The van der Waals surface area contributed by atoms with Gasteiger partial charge in [0.1, 0.15) is 10.9 Å². The average Bonchev–Trinajstić information content (AvgIpc) is 2.45. The summed E-state index contributed by atoms with van der Waals surface area (Å²) in [6.07, 6.45) is 3.53. The van der Waals surface area contributed by atoms with Gasteiger partial charge in [0.2, 0.25) is 0 Å². The summed E-state index contributed by atoms with van der Waals surface area (Å²) in [6.45, 7) is 4.68. The molecule has 1 heterocycles. The van der Waals surface area contributed by atoms with E-state index in [2.05, 4.69) is 19.0 Å². The summed E-state index contributed by atoms with van der Waals surface area (Å²) < 4.78 is 6.72. The predicted molar refractivity (Wildman–Crippen MR) is 90.9 cm³/mol. The first-order valence-electron chi connectivity index (χ1n) is 7.15. The molecule has 1 saturated heterocycles. The van der Waals surface area contributed by atoms with Crippen molar-refractivity contribution in [2.24, 2.45) is 5.16 Å². The second kappa shape index (κ2) is 10.6. The highest BCUT2D eigenvalue weighted by molar-refractivity contribution is 8.39. The molecule has 0 bridgehead atoms. The van der Waals surface area contributed by atoms with Gasteiger partial charge in [-0.1, -0.05) is 55.4 Å². The SMILES string of the molecule is CCCC1OC(CCC)SC(=NOC(=O)N(C)CCCl)S1. The van der Waals surface area contributed by atoms with Gasteiger partial charge in [0.25, 0.3) is 0 Å². The largest absolute Gasteiger partial charge is 0.435 e. The summed E-state index contributed by atoms with van der Waals surface area (Å²) in [5.41, 5.74) is 0.177. The zero-order valence-electron chi connectivity index (χ0n) is 12.7. The molecule has 1 rings (SSSR count). The number of thioether (sulfide) groups is 2. The molecule has 8 heteroatoms. The van der Waals surface area contributed by atoms with Crippen LogP contribution in [0, 0.1) is 0 Å². The standard InChI is InChI=1S/C13H23ClN2O3S2/c1-4-6-10-18-11(7-5-2)21-12(20-10)15-19-13(17)16(3)9-8-14/h10-11H,4-9H2,1-3H3. The van der Waals surface area contributed by atoms with E-state index in [4.69, 9.17) is 21.2 Å². The highest BCUT2D eigenvalue weighted by Gasteiger charge is 2.28. The third kappa shape index (κ3) is 7.13. The first-order chi connectivity index (χ1) is 10.1. The smallest absolute Gasteiger partial charge is 0.353 e. The summed E-state index contributed by atoms with van der Waals surface area (Å²) >= 11 is 8.63. The van der Waals surface area contributed by atoms with E-state index in [0.29, 0.717) is 12.4 Å². The van der Waals surface area contributed by atoms with Crippen molar-refractivity contribution in [3.05, 3.63) is 0 Å². The monoisotopic (exact) mass is 354 g/mol. The Hall–Kier alpha value is -0.110. The van der Waals surface area contributed by atoms with Crippen LogP contribution in [0.1, 0.15) is 39.5 Å². The van der Waals surface area contributed by atoms with Gasteiger partial charge in [-0.2, -0.15) is 0 Å². The molecule has 0 saturated carbocycles. The molecule has 5 nitrogen and oxygen atoms in total. The van der Waals surface area contributed by atoms with Crippen molar-refractivity contribution in [2.45, 2.75) is 50.4 Å². The Bertz CT molecular complexity index is 342. The lowest BCUT2D eigenvalue weighted by atomic mass is 10.3. The van der Waals surface area contributed by atoms with Crippen LogP contribution in [0.5, 0.6) is 0 Å². The Morgan fingerprint density at radius 2 is 1.90 bits per heavy atom. The Morgan fingerprint density at radius 1 is 1.33 bits per heavy atom. The van der Waals surface area contributed by atoms with Gasteiger partial charge in [0, 0.05) is 19.5 Å². The number of carbonyl (C=O) groups excluding carboxylic acids is 1. The number of nitrogens with zero attached hydrogens (tertiary/aromatic N) is 2. The average molecular weight is 355 g/mol. The first kappa shape index (κ1) is 18.9. The number of halogens is 1. The van der Waals surface area contributed by atoms with Gasteiger partial charge < -0.3 is 9.64 Å². The fourth-order valence-electron chi connectivity index (χ4n) is 1.61. The van der Waals surface area contributed by atoms with Crippen molar-refractivity contribution in [3.8, 4) is 0 Å². The van der Waals surface area contributed by atoms with Crippen molar-refractivity contribution >= 4 is 45.6 Å². The van der Waals surface area contributed by atoms with Gasteiger partial charge >= 0.3 is 6.09 Å². The van der Waals surface area contributed by atoms with Crippen LogP contribution < -0.4 is 0 Å². The van der Waals surface area contributed by atoms with E-state index in [1.54, 1.807) is 7.05 Å². The topological polar surface area (TPSA) is 51.1 Å². The normalized spacial score (nSPS) is 22.0. The Labute approximate surface area is 140 Å². The molecule has 1 aliphatic rings. The Balaban J connectivity index is 2.57. The molecule has 1 fully saturated rings. The van der Waals surface area contributed by atoms with Gasteiger partial charge in [-0.25, -0.2) is 4.79 Å². The second-order valence-corrected chi connectivity index (χ2v) is 7.57. The van der Waals surface area contributed by atoms with Gasteiger partial charge in [-0.15, -0.1) is 11.6 Å². The van der Waals surface area contributed by atoms with E-state index in [9.17, 15) is 4.79 Å². The molecular weight excluding hydrogens is 332 g/mol. The molecule has 21 heavy (non-hydrogen) atoms. The molecule has 122 valence electrons. The van der Waals surface area contributed by atoms with Crippen LogP contribution >= 0.6 is 35.1 Å². The number of alkyl halides is 1. The third-order valence-corrected chi connectivity index (χ3v) is 5.26. The molecule has 2 atom stereocenters. The maximum atomic E-state index is 11.7. The van der Waals surface area contributed by atoms with Crippen molar-refractivity contribution in [1.29, 1.82) is 0 Å². The summed E-state index contributed by atoms with van der Waals surface area (Å²) in [5, 5.41) is 3.98. The highest BCUT2D eigenvalue weighted by atomic mass is 35.5. The summed E-state index contributed by atoms with van der Waals surface area (Å²) in [6, 6.07) is 0. The van der Waals surface area contributed by atoms with E-state index in [1.807, 2.05) is 0 Å². The molecular formula is C13H23ClN2O3S2. The lowest BCUT2D eigenvalue weighted by molar-refractivity contribution is 0.0805. The fraction of sp³-hybridized carbons (Fsp3) is 0.846. The quantitative estimate of drug-likeness (QED) is 0.387. The van der Waals surface area contributed by atoms with E-state index >= 15 is 0 Å². The lowest BCUT2D eigenvalue weighted by Crippen LogP contribution is -2.29. The number of rotatable bonds is 7. The van der Waals surface area contributed by atoms with E-state index < -0.39 is 6.09 Å². The number of hydrogen-bond acceptors (Lipinski definition) is 6. The van der Waals surface area contributed by atoms with Crippen LogP contribution in [0.15, 0.2) is 5.16 Å². The maximum Gasteiger partial charge on any atom is 0.435 e. The molecule has 0 spiro atoms. The van der Waals surface area contributed by atoms with Gasteiger partial charge in [-0.05, 0) is 12.8 Å². The van der Waals surface area contributed by atoms with Crippen molar-refractivity contribution in [3.63, 3.8) is 0 Å². The van der Waals surface area contributed by atoms with Crippen LogP contribution in [0.25, 0.3) is 0 Å². The summed E-state index contributed by atoms with van der Waals surface area (Å²) in [7, 11) is 1.63. The molecule has 0 aromatic rings. The summed E-state index contributed by atoms with van der Waals surface area (Å²) in [5.74, 6) is 0.372. The molecule has 2 unspecified atom stereocenters. The number of ether oxygens (including phenoxy) is 1. The van der Waals surface area contributed by atoms with E-state index in [1.165, 1.54) is 28.4 Å². The van der Waals surface area contributed by atoms with E-state index in [-0.39, 0.29) is 10.9 Å². The first-order valence-corrected chi connectivity index (χ1v) is 9.44. The van der Waals surface area contributed by atoms with Gasteiger partial charge in [0.05, 0.1) is 0 Å². The van der Waals surface area contributed by atoms with Crippen molar-refractivity contribution < 1.29 is 14.4 Å². The fourth-order valence-corrected chi connectivity index (χ4v) is 4.50. The van der Waals surface area contributed by atoms with Gasteiger partial charge in [0.15, 0.2) is 4.38 Å². The number of hydrogen-bond donors (Lipinski definition) is 0. The minimum atomic E-state index is -0.491. The lowest BCUT2D eigenvalue weighted by Gasteiger charge is -2.29. The zero-order chi connectivity index (χ0) is 15.7. The predicted octanol–water partition coefficient (Wildman–Crippen LogP) is 4.31. The molecule has 0 radical (unpaired) electrons. The minimum absolute atomic E-state index is 0.0887. The Morgan fingerprint density at radius 3 is 2.38 bits per heavy atom. The van der Waals surface area contributed by atoms with Crippen LogP contribution in [-0.2, 0) is 9.57 Å². The zero-order valence-corrected chi connectivity index (χ0v) is 15.1. The molecule has 0 aromatic carbocycles. The van der Waals surface area contributed by atoms with Crippen LogP contribution in [0.2, 0.25) is 0 Å². The van der Waals surface area contributed by atoms with Crippen molar-refractivity contribution in [2.75, 3.05) is 19.5 Å². The van der Waals surface area contributed by atoms with Crippen LogP contribution in [0.3, 0.4) is 0 Å². The Kier molecular flexibility index (Phi) is 9.55. The van der Waals surface area contributed by atoms with Crippen LogP contribution in [-0.4, -0.2) is 45.7 Å². The number of carbonyl (C=O) groups is 1. The molecule has 1 aliphatic heterocycles. The highest BCUT2D eigenvalue weighted by Crippen LogP contribution is 2.38. The number of oxime groups is 1. The van der Waals surface area contributed by atoms with E-state index in [0.717, 1.165) is 30.1 Å². The molecule has 0 aliphatic carbocycles. The molecule has 0 aromatic heterocycles.